The number of halogens is 1. The summed E-state index contributed by atoms with van der Waals surface area (Å²) in [5.74, 6) is -0.287. The van der Waals surface area contributed by atoms with Crippen LogP contribution in [-0.2, 0) is 9.53 Å². The molecule has 5 heteroatoms. The zero-order valence-corrected chi connectivity index (χ0v) is 16.3. The Morgan fingerprint density at radius 3 is 2.38 bits per heavy atom. The molecule has 1 aromatic carbocycles. The number of rotatable bonds is 2. The van der Waals surface area contributed by atoms with Crippen molar-refractivity contribution in [2.45, 2.75) is 45.8 Å². The number of Topliss-reactive ketones (excluding diaryl/α,β-unsaturated/α-hetero) is 1. The summed E-state index contributed by atoms with van der Waals surface area (Å²) in [4.78, 5) is 17.4. The Hall–Kier alpha value is -2.17. The summed E-state index contributed by atoms with van der Waals surface area (Å²) in [6, 6.07) is 9.33. The first-order valence-corrected chi connectivity index (χ1v) is 8.82. The maximum absolute atomic E-state index is 13.0. The van der Waals surface area contributed by atoms with Gasteiger partial charge in [0.15, 0.2) is 5.78 Å². The molecule has 0 bridgehead atoms. The van der Waals surface area contributed by atoms with Crippen LogP contribution in [0.1, 0.15) is 38.8 Å². The van der Waals surface area contributed by atoms with Crippen LogP contribution in [0.3, 0.4) is 0 Å². The molecule has 0 atom stereocenters. The topological polar surface area (TPSA) is 59.4 Å². The molecule has 26 heavy (non-hydrogen) atoms. The average Bonchev–Trinajstić information content (AvgIpc) is 2.55. The Kier molecular flexibility index (Phi) is 4.45. The van der Waals surface area contributed by atoms with E-state index in [0.29, 0.717) is 16.2 Å². The highest BCUT2D eigenvalue weighted by molar-refractivity contribution is 6.30. The van der Waals surface area contributed by atoms with Crippen molar-refractivity contribution < 1.29 is 14.6 Å². The third kappa shape index (κ3) is 3.15. The van der Waals surface area contributed by atoms with E-state index in [9.17, 15) is 9.90 Å². The maximum atomic E-state index is 13.0. The maximum Gasteiger partial charge on any atom is 0.198 e. The summed E-state index contributed by atoms with van der Waals surface area (Å²) in [5, 5.41) is 11.3. The van der Waals surface area contributed by atoms with Gasteiger partial charge in [0.2, 0.25) is 0 Å². The van der Waals surface area contributed by atoms with Gasteiger partial charge < -0.3 is 9.84 Å². The molecule has 3 rings (SSSR count). The van der Waals surface area contributed by atoms with Crippen molar-refractivity contribution in [3.05, 3.63) is 58.4 Å². The lowest BCUT2D eigenvalue weighted by Gasteiger charge is -2.40. The zero-order valence-electron chi connectivity index (χ0n) is 15.6. The van der Waals surface area contributed by atoms with Crippen LogP contribution in [0, 0.1) is 6.92 Å². The van der Waals surface area contributed by atoms with Crippen molar-refractivity contribution in [3.63, 3.8) is 0 Å². The fourth-order valence-corrected chi connectivity index (χ4v) is 3.40. The number of carbonyl (C=O) groups excluding carboxylic acids is 1. The molecule has 1 aromatic heterocycles. The van der Waals surface area contributed by atoms with Crippen molar-refractivity contribution in [1.82, 2.24) is 4.98 Å². The minimum atomic E-state index is -1.02. The standard InChI is InChI=1S/C21H22ClNO3/c1-12-6-7-13(16-9-8-14(22)11-23-16)10-15(12)17-18(24)20(2,3)26-21(4,5)19(17)25/h6-11,24H,1-5H3. The number of benzene rings is 1. The lowest BCUT2D eigenvalue weighted by molar-refractivity contribution is -0.158. The van der Waals surface area contributed by atoms with Crippen molar-refractivity contribution in [1.29, 1.82) is 0 Å². The first-order valence-electron chi connectivity index (χ1n) is 8.44. The van der Waals surface area contributed by atoms with Gasteiger partial charge in [-0.25, -0.2) is 0 Å². The second-order valence-electron chi connectivity index (χ2n) is 7.57. The molecule has 136 valence electrons. The van der Waals surface area contributed by atoms with Gasteiger partial charge in [-0.15, -0.1) is 0 Å². The Morgan fingerprint density at radius 2 is 1.77 bits per heavy atom. The van der Waals surface area contributed by atoms with Gasteiger partial charge in [0.05, 0.1) is 16.3 Å². The molecule has 0 fully saturated rings. The Bertz CT molecular complexity index is 911. The van der Waals surface area contributed by atoms with Crippen LogP contribution in [0.2, 0.25) is 5.02 Å². The van der Waals surface area contributed by atoms with Gasteiger partial charge in [0.1, 0.15) is 17.0 Å². The van der Waals surface area contributed by atoms with Crippen LogP contribution < -0.4 is 0 Å². The number of hydrogen-bond acceptors (Lipinski definition) is 4. The third-order valence-corrected chi connectivity index (χ3v) is 4.84. The minimum Gasteiger partial charge on any atom is -0.508 e. The number of aliphatic hydroxyl groups is 1. The normalized spacial score (nSPS) is 18.9. The van der Waals surface area contributed by atoms with E-state index >= 15 is 0 Å². The molecule has 1 aliphatic rings. The highest BCUT2D eigenvalue weighted by Gasteiger charge is 2.47. The number of aliphatic hydroxyl groups excluding tert-OH is 1. The average molecular weight is 372 g/mol. The van der Waals surface area contributed by atoms with Crippen LogP contribution in [-0.4, -0.2) is 27.1 Å². The summed E-state index contributed by atoms with van der Waals surface area (Å²) in [7, 11) is 0. The highest BCUT2D eigenvalue weighted by atomic mass is 35.5. The number of aromatic nitrogens is 1. The molecule has 0 unspecified atom stereocenters. The second kappa shape index (κ2) is 6.22. The number of hydrogen-bond donors (Lipinski definition) is 1. The summed E-state index contributed by atoms with van der Waals surface area (Å²) < 4.78 is 5.82. The largest absolute Gasteiger partial charge is 0.508 e. The molecule has 0 spiro atoms. The molecule has 1 N–H and O–H groups in total. The van der Waals surface area contributed by atoms with Gasteiger partial charge in [-0.05, 0) is 63.9 Å². The monoisotopic (exact) mass is 371 g/mol. The van der Waals surface area contributed by atoms with Crippen molar-refractivity contribution in [2.24, 2.45) is 0 Å². The predicted octanol–water partition coefficient (Wildman–Crippen LogP) is 5.14. The van der Waals surface area contributed by atoms with Gasteiger partial charge in [-0.2, -0.15) is 0 Å². The van der Waals surface area contributed by atoms with Gasteiger partial charge in [0.25, 0.3) is 0 Å². The van der Waals surface area contributed by atoms with Crippen molar-refractivity contribution >= 4 is 23.0 Å². The number of ether oxygens (including phenoxy) is 1. The number of nitrogens with zero attached hydrogens (tertiary/aromatic N) is 1. The van der Waals surface area contributed by atoms with E-state index in [1.807, 2.05) is 31.2 Å². The summed E-state index contributed by atoms with van der Waals surface area (Å²) in [5.41, 5.74) is 1.50. The number of carbonyl (C=O) groups is 1. The van der Waals surface area contributed by atoms with Crippen LogP contribution in [0.25, 0.3) is 16.8 Å². The highest BCUT2D eigenvalue weighted by Crippen LogP contribution is 2.41. The lowest BCUT2D eigenvalue weighted by Crippen LogP contribution is -2.49. The molecule has 0 amide bonds. The van der Waals surface area contributed by atoms with E-state index in [2.05, 4.69) is 4.98 Å². The van der Waals surface area contributed by atoms with E-state index in [1.54, 1.807) is 40.0 Å². The van der Waals surface area contributed by atoms with Gasteiger partial charge >= 0.3 is 0 Å². The molecule has 0 saturated carbocycles. The second-order valence-corrected chi connectivity index (χ2v) is 8.00. The quantitative estimate of drug-likeness (QED) is 0.794. The fraction of sp³-hybridized carbons (Fsp3) is 0.333. The van der Waals surface area contributed by atoms with Crippen LogP contribution in [0.5, 0.6) is 0 Å². The Morgan fingerprint density at radius 1 is 1.08 bits per heavy atom. The Balaban J connectivity index is 2.21. The van der Waals surface area contributed by atoms with E-state index in [1.165, 1.54) is 0 Å². The number of ketones is 1. The van der Waals surface area contributed by atoms with Gasteiger partial charge in [-0.1, -0.05) is 23.7 Å². The van der Waals surface area contributed by atoms with Crippen LogP contribution >= 0.6 is 11.6 Å². The number of pyridine rings is 1. The molecule has 2 heterocycles. The molecule has 2 aromatic rings. The molecular formula is C21H22ClNO3. The van der Waals surface area contributed by atoms with Crippen molar-refractivity contribution in [2.75, 3.05) is 0 Å². The summed E-state index contributed by atoms with van der Waals surface area (Å²) in [6.45, 7) is 8.89. The molecule has 4 nitrogen and oxygen atoms in total. The lowest BCUT2D eigenvalue weighted by atomic mass is 9.81. The fourth-order valence-electron chi connectivity index (χ4n) is 3.29. The molecule has 0 aliphatic carbocycles. The number of aryl methyl sites for hydroxylation is 1. The first kappa shape index (κ1) is 18.6. The molecule has 0 saturated heterocycles. The molecule has 0 radical (unpaired) electrons. The van der Waals surface area contributed by atoms with Gasteiger partial charge in [0, 0.05) is 11.8 Å². The Labute approximate surface area is 158 Å². The van der Waals surface area contributed by atoms with Crippen molar-refractivity contribution in [3.8, 4) is 11.3 Å². The predicted molar refractivity (Wildman–Crippen MR) is 103 cm³/mol. The molecular weight excluding hydrogens is 350 g/mol. The van der Waals surface area contributed by atoms with E-state index in [4.69, 9.17) is 16.3 Å². The van der Waals surface area contributed by atoms with Crippen LogP contribution in [0.4, 0.5) is 0 Å². The van der Waals surface area contributed by atoms with E-state index in [-0.39, 0.29) is 11.5 Å². The third-order valence-electron chi connectivity index (χ3n) is 4.62. The minimum absolute atomic E-state index is 0.0499. The molecule has 1 aliphatic heterocycles. The zero-order chi connectivity index (χ0) is 19.3. The van der Waals surface area contributed by atoms with E-state index in [0.717, 1.165) is 16.8 Å². The SMILES string of the molecule is Cc1ccc(-c2ccc(Cl)cn2)cc1C1=C(O)C(C)(C)OC(C)(C)C1=O. The summed E-state index contributed by atoms with van der Waals surface area (Å²) in [6.07, 6.45) is 1.58. The van der Waals surface area contributed by atoms with E-state index < -0.39 is 11.2 Å². The van der Waals surface area contributed by atoms with Crippen LogP contribution in [0.15, 0.2) is 42.3 Å². The smallest absolute Gasteiger partial charge is 0.198 e. The van der Waals surface area contributed by atoms with Gasteiger partial charge in [-0.3, -0.25) is 9.78 Å². The first-order chi connectivity index (χ1) is 12.0. The summed E-state index contributed by atoms with van der Waals surface area (Å²) >= 11 is 5.92.